The molecule has 2 rings (SSSR count). The molecule has 1 saturated carbocycles. The molecule has 0 saturated heterocycles. The van der Waals surface area contributed by atoms with Crippen molar-refractivity contribution in [2.75, 3.05) is 14.2 Å². The molecule has 1 unspecified atom stereocenters. The van der Waals surface area contributed by atoms with E-state index in [9.17, 15) is 0 Å². The van der Waals surface area contributed by atoms with Crippen LogP contribution in [0, 0.1) is 0 Å². The van der Waals surface area contributed by atoms with Crippen LogP contribution in [-0.4, -0.2) is 20.3 Å². The van der Waals surface area contributed by atoms with Gasteiger partial charge in [-0.3, -0.25) is 0 Å². The average molecular weight is 263 g/mol. The predicted molar refractivity (Wildman–Crippen MR) is 77.5 cm³/mol. The molecule has 1 aliphatic carbocycles. The summed E-state index contributed by atoms with van der Waals surface area (Å²) >= 11 is 0. The molecule has 0 aromatic heterocycles. The number of benzene rings is 1. The smallest absolute Gasteiger partial charge is 0.124 e. The molecule has 0 radical (unpaired) electrons. The minimum atomic E-state index is 0.379. The van der Waals surface area contributed by atoms with Crippen molar-refractivity contribution in [1.82, 2.24) is 5.32 Å². The fourth-order valence-electron chi connectivity index (χ4n) is 2.88. The van der Waals surface area contributed by atoms with Crippen molar-refractivity contribution >= 4 is 0 Å². The summed E-state index contributed by atoms with van der Waals surface area (Å²) in [5.41, 5.74) is 2.42. The molecule has 3 nitrogen and oxygen atoms in total. The maximum Gasteiger partial charge on any atom is 0.124 e. The molecular weight excluding hydrogens is 238 g/mol. The molecule has 0 bridgehead atoms. The zero-order chi connectivity index (χ0) is 13.7. The molecule has 106 valence electrons. The number of hydrogen-bond acceptors (Lipinski definition) is 3. The number of hydrogen-bond donors (Lipinski definition) is 1. The Labute approximate surface area is 116 Å². The number of ether oxygens (including phenoxy) is 2. The molecule has 0 spiro atoms. The maximum absolute atomic E-state index is 5.37. The number of methoxy groups -OCH3 is 2. The highest BCUT2D eigenvalue weighted by atomic mass is 16.5. The molecule has 3 heteroatoms. The van der Waals surface area contributed by atoms with E-state index in [1.54, 1.807) is 14.2 Å². The lowest BCUT2D eigenvalue weighted by Crippen LogP contribution is -2.28. The Morgan fingerprint density at radius 1 is 1.26 bits per heavy atom. The second-order valence-electron chi connectivity index (χ2n) is 5.37. The Morgan fingerprint density at radius 3 is 2.63 bits per heavy atom. The second-order valence-corrected chi connectivity index (χ2v) is 5.37. The van der Waals surface area contributed by atoms with E-state index in [4.69, 9.17) is 9.47 Å². The van der Waals surface area contributed by atoms with Crippen LogP contribution in [0.5, 0.6) is 5.75 Å². The molecule has 1 N–H and O–H groups in total. The van der Waals surface area contributed by atoms with Gasteiger partial charge in [-0.05, 0) is 37.5 Å². The first-order valence-corrected chi connectivity index (χ1v) is 7.16. The lowest BCUT2D eigenvalue weighted by Gasteiger charge is -2.21. The summed E-state index contributed by atoms with van der Waals surface area (Å²) in [4.78, 5) is 0. The van der Waals surface area contributed by atoms with Gasteiger partial charge in [-0.2, -0.15) is 0 Å². The van der Waals surface area contributed by atoms with E-state index in [2.05, 4.69) is 24.4 Å². The van der Waals surface area contributed by atoms with E-state index in [0.717, 1.165) is 11.3 Å². The van der Waals surface area contributed by atoms with Gasteiger partial charge in [-0.1, -0.05) is 18.9 Å². The van der Waals surface area contributed by atoms with E-state index in [-0.39, 0.29) is 0 Å². The molecule has 1 fully saturated rings. The van der Waals surface area contributed by atoms with E-state index in [1.807, 2.05) is 6.07 Å². The van der Waals surface area contributed by atoms with Crippen LogP contribution < -0.4 is 10.1 Å². The summed E-state index contributed by atoms with van der Waals surface area (Å²) in [5, 5.41) is 3.72. The fraction of sp³-hybridized carbons (Fsp3) is 0.625. The lowest BCUT2D eigenvalue weighted by atomic mass is 10.0. The summed E-state index contributed by atoms with van der Waals surface area (Å²) in [6.45, 7) is 2.82. The largest absolute Gasteiger partial charge is 0.496 e. The van der Waals surface area contributed by atoms with Gasteiger partial charge in [0.1, 0.15) is 5.75 Å². The molecule has 1 atom stereocenters. The van der Waals surface area contributed by atoms with Crippen molar-refractivity contribution < 1.29 is 9.47 Å². The van der Waals surface area contributed by atoms with Crippen LogP contribution in [0.3, 0.4) is 0 Å². The van der Waals surface area contributed by atoms with Gasteiger partial charge < -0.3 is 14.8 Å². The van der Waals surface area contributed by atoms with Gasteiger partial charge in [-0.25, -0.2) is 0 Å². The Bertz CT molecular complexity index is 400. The highest BCUT2D eigenvalue weighted by Gasteiger charge is 2.18. The summed E-state index contributed by atoms with van der Waals surface area (Å²) in [7, 11) is 3.42. The van der Waals surface area contributed by atoms with Gasteiger partial charge in [0, 0.05) is 24.8 Å². The van der Waals surface area contributed by atoms with Crippen LogP contribution >= 0.6 is 0 Å². The third-order valence-corrected chi connectivity index (χ3v) is 3.95. The van der Waals surface area contributed by atoms with Crippen molar-refractivity contribution in [3.05, 3.63) is 29.3 Å². The standard InChI is InChI=1S/C16H25NO2/c1-12(17-15-6-4-5-7-15)13-8-9-16(19-3)14(10-13)11-18-2/h8-10,12,15,17H,4-7,11H2,1-3H3. The molecular formula is C16H25NO2. The summed E-state index contributed by atoms with van der Waals surface area (Å²) in [6.07, 6.45) is 5.35. The minimum absolute atomic E-state index is 0.379. The summed E-state index contributed by atoms with van der Waals surface area (Å²) < 4.78 is 10.6. The Hall–Kier alpha value is -1.06. The second kappa shape index (κ2) is 6.92. The normalized spacial score (nSPS) is 17.6. The van der Waals surface area contributed by atoms with Gasteiger partial charge in [-0.15, -0.1) is 0 Å². The fourth-order valence-corrected chi connectivity index (χ4v) is 2.88. The predicted octanol–water partition coefficient (Wildman–Crippen LogP) is 3.43. The molecule has 0 heterocycles. The van der Waals surface area contributed by atoms with Gasteiger partial charge in [0.05, 0.1) is 13.7 Å². The van der Waals surface area contributed by atoms with Crippen molar-refractivity contribution in [2.24, 2.45) is 0 Å². The van der Waals surface area contributed by atoms with Gasteiger partial charge in [0.25, 0.3) is 0 Å². The topological polar surface area (TPSA) is 30.5 Å². The first-order valence-electron chi connectivity index (χ1n) is 7.16. The number of rotatable bonds is 6. The SMILES string of the molecule is COCc1cc(C(C)NC2CCCC2)ccc1OC. The van der Waals surface area contributed by atoms with Gasteiger partial charge in [0.15, 0.2) is 0 Å². The first kappa shape index (κ1) is 14.4. The monoisotopic (exact) mass is 263 g/mol. The van der Waals surface area contributed by atoms with Crippen molar-refractivity contribution in [3.63, 3.8) is 0 Å². The molecule has 1 aromatic rings. The highest BCUT2D eigenvalue weighted by Crippen LogP contribution is 2.26. The summed E-state index contributed by atoms with van der Waals surface area (Å²) in [6, 6.07) is 7.43. The van der Waals surface area contributed by atoms with Gasteiger partial charge >= 0.3 is 0 Å². The van der Waals surface area contributed by atoms with Crippen LogP contribution in [0.2, 0.25) is 0 Å². The van der Waals surface area contributed by atoms with Crippen LogP contribution in [0.25, 0.3) is 0 Å². The quantitative estimate of drug-likeness (QED) is 0.853. The zero-order valence-electron chi connectivity index (χ0n) is 12.2. The Morgan fingerprint density at radius 2 is 2.00 bits per heavy atom. The van der Waals surface area contributed by atoms with Crippen LogP contribution in [0.4, 0.5) is 0 Å². The first-order chi connectivity index (χ1) is 9.24. The van der Waals surface area contributed by atoms with Crippen LogP contribution in [0.1, 0.15) is 49.8 Å². The molecule has 0 aliphatic heterocycles. The molecule has 0 amide bonds. The maximum atomic E-state index is 5.37. The van der Waals surface area contributed by atoms with E-state index in [1.165, 1.54) is 31.2 Å². The van der Waals surface area contributed by atoms with Crippen molar-refractivity contribution in [1.29, 1.82) is 0 Å². The third-order valence-electron chi connectivity index (χ3n) is 3.95. The van der Waals surface area contributed by atoms with E-state index >= 15 is 0 Å². The van der Waals surface area contributed by atoms with Crippen LogP contribution in [-0.2, 0) is 11.3 Å². The Kier molecular flexibility index (Phi) is 5.23. The zero-order valence-corrected chi connectivity index (χ0v) is 12.2. The van der Waals surface area contributed by atoms with Crippen molar-refractivity contribution in [3.8, 4) is 5.75 Å². The molecule has 19 heavy (non-hydrogen) atoms. The van der Waals surface area contributed by atoms with Gasteiger partial charge in [0.2, 0.25) is 0 Å². The number of nitrogens with one attached hydrogen (secondary N) is 1. The Balaban J connectivity index is 2.07. The minimum Gasteiger partial charge on any atom is -0.496 e. The molecule has 1 aliphatic rings. The summed E-state index contributed by atoms with van der Waals surface area (Å²) in [5.74, 6) is 0.902. The lowest BCUT2D eigenvalue weighted by molar-refractivity contribution is 0.181. The van der Waals surface area contributed by atoms with E-state index < -0.39 is 0 Å². The van der Waals surface area contributed by atoms with Crippen molar-refractivity contribution in [2.45, 2.75) is 51.3 Å². The highest BCUT2D eigenvalue weighted by molar-refractivity contribution is 5.38. The van der Waals surface area contributed by atoms with Crippen LogP contribution in [0.15, 0.2) is 18.2 Å². The van der Waals surface area contributed by atoms with E-state index in [0.29, 0.717) is 18.7 Å². The third kappa shape index (κ3) is 3.71. The molecule has 1 aromatic carbocycles. The average Bonchev–Trinajstić information content (AvgIpc) is 2.92.